The third kappa shape index (κ3) is 3.41. The fraction of sp³-hybridized carbons (Fsp3) is 0.300. The summed E-state index contributed by atoms with van der Waals surface area (Å²) in [5.74, 6) is 0.402. The van der Waals surface area contributed by atoms with Crippen LogP contribution in [0, 0.1) is 0 Å². The molecule has 3 amide bonds. The van der Waals surface area contributed by atoms with Gasteiger partial charge in [0.05, 0.1) is 14.2 Å². The minimum absolute atomic E-state index is 0.247. The van der Waals surface area contributed by atoms with Crippen LogP contribution in [0.15, 0.2) is 54.6 Å². The molecule has 0 aliphatic carbocycles. The summed E-state index contributed by atoms with van der Waals surface area (Å²) >= 11 is 0. The van der Waals surface area contributed by atoms with E-state index >= 15 is 0 Å². The number of nitrogens with zero attached hydrogens (tertiary/aromatic N) is 1. The van der Waals surface area contributed by atoms with Crippen molar-refractivity contribution in [2.24, 2.45) is 0 Å². The van der Waals surface area contributed by atoms with E-state index in [1.807, 2.05) is 55.6 Å². The molecule has 136 valence electrons. The Kier molecular flexibility index (Phi) is 4.95. The largest absolute Gasteiger partial charge is 0.497 e. The van der Waals surface area contributed by atoms with Gasteiger partial charge in [-0.15, -0.1) is 0 Å². The molecule has 26 heavy (non-hydrogen) atoms. The topological polar surface area (TPSA) is 63.1 Å². The Labute approximate surface area is 153 Å². The number of rotatable bonds is 6. The molecule has 6 heteroatoms. The zero-order valence-corrected chi connectivity index (χ0v) is 15.3. The van der Waals surface area contributed by atoms with E-state index in [0.29, 0.717) is 18.0 Å². The summed E-state index contributed by atoms with van der Waals surface area (Å²) in [4.78, 5) is 27.8. The molecule has 2 N–H and O–H groups in total. The predicted octanol–water partition coefficient (Wildman–Crippen LogP) is 1.13. The predicted molar refractivity (Wildman–Crippen MR) is 97.6 cm³/mol. The van der Waals surface area contributed by atoms with Gasteiger partial charge in [-0.1, -0.05) is 42.5 Å². The number of hydrogen-bond donors (Lipinski definition) is 2. The highest BCUT2D eigenvalue weighted by atomic mass is 16.5. The third-order valence-electron chi connectivity index (χ3n) is 4.70. The van der Waals surface area contributed by atoms with Gasteiger partial charge >= 0.3 is 6.03 Å². The number of imide groups is 1. The van der Waals surface area contributed by atoms with Crippen LogP contribution in [0.4, 0.5) is 4.79 Å². The van der Waals surface area contributed by atoms with Crippen molar-refractivity contribution in [2.45, 2.75) is 19.0 Å². The Morgan fingerprint density at radius 2 is 1.85 bits per heavy atom. The monoisotopic (exact) mass is 354 g/mol. The van der Waals surface area contributed by atoms with Gasteiger partial charge in [-0.2, -0.15) is 0 Å². The van der Waals surface area contributed by atoms with Crippen molar-refractivity contribution in [3.63, 3.8) is 0 Å². The fourth-order valence-electron chi connectivity index (χ4n) is 3.24. The second kappa shape index (κ2) is 7.17. The van der Waals surface area contributed by atoms with Gasteiger partial charge in [0.2, 0.25) is 0 Å². The zero-order chi connectivity index (χ0) is 18.7. The van der Waals surface area contributed by atoms with E-state index in [1.54, 1.807) is 20.1 Å². The summed E-state index contributed by atoms with van der Waals surface area (Å²) in [5, 5.41) is 2.84. The first-order chi connectivity index (χ1) is 12.4. The van der Waals surface area contributed by atoms with Gasteiger partial charge in [-0.05, 0) is 24.6 Å². The number of hydrogen-bond acceptors (Lipinski definition) is 3. The van der Waals surface area contributed by atoms with E-state index in [-0.39, 0.29) is 11.9 Å². The average Bonchev–Trinajstić information content (AvgIpc) is 2.87. The molecule has 6 nitrogen and oxygen atoms in total. The summed E-state index contributed by atoms with van der Waals surface area (Å²) in [5.41, 5.74) is 0.782. The van der Waals surface area contributed by atoms with Crippen LogP contribution in [0.3, 0.4) is 0 Å². The van der Waals surface area contributed by atoms with Crippen molar-refractivity contribution < 1.29 is 19.2 Å². The molecular formula is C20H24N3O3+. The number of urea groups is 1. The van der Waals surface area contributed by atoms with E-state index in [1.165, 1.54) is 4.90 Å². The lowest BCUT2D eigenvalue weighted by atomic mass is 9.92. The third-order valence-corrected chi connectivity index (χ3v) is 4.70. The number of methoxy groups -OCH3 is 1. The van der Waals surface area contributed by atoms with E-state index in [4.69, 9.17) is 4.74 Å². The Hall–Kier alpha value is -2.86. The average molecular weight is 354 g/mol. The molecular weight excluding hydrogens is 330 g/mol. The highest BCUT2D eigenvalue weighted by Gasteiger charge is 2.50. The van der Waals surface area contributed by atoms with Gasteiger partial charge in [0.25, 0.3) is 5.91 Å². The Balaban J connectivity index is 1.75. The summed E-state index contributed by atoms with van der Waals surface area (Å²) in [6.45, 7) is 2.77. The number of carbonyl (C=O) groups excluding carboxylic acids is 2. The van der Waals surface area contributed by atoms with Gasteiger partial charge in [0.15, 0.2) is 6.67 Å². The van der Waals surface area contributed by atoms with Crippen LogP contribution in [0.2, 0.25) is 0 Å². The molecule has 2 atom stereocenters. The quantitative estimate of drug-likeness (QED) is 0.765. The fourth-order valence-corrected chi connectivity index (χ4v) is 3.24. The highest BCUT2D eigenvalue weighted by Crippen LogP contribution is 2.30. The van der Waals surface area contributed by atoms with E-state index in [2.05, 4.69) is 5.32 Å². The second-order valence-corrected chi connectivity index (χ2v) is 6.80. The van der Waals surface area contributed by atoms with Gasteiger partial charge < -0.3 is 15.0 Å². The van der Waals surface area contributed by atoms with Gasteiger partial charge in [-0.3, -0.25) is 4.79 Å². The van der Waals surface area contributed by atoms with Gasteiger partial charge in [0, 0.05) is 5.56 Å². The molecule has 1 heterocycles. The van der Waals surface area contributed by atoms with Crippen LogP contribution in [0.1, 0.15) is 18.1 Å². The summed E-state index contributed by atoms with van der Waals surface area (Å²) in [6.07, 6.45) is 0. The minimum atomic E-state index is -1.08. The summed E-state index contributed by atoms with van der Waals surface area (Å²) in [7, 11) is 3.54. The summed E-state index contributed by atoms with van der Waals surface area (Å²) in [6, 6.07) is 16.9. The lowest BCUT2D eigenvalue weighted by Gasteiger charge is -2.23. The molecule has 1 unspecified atom stereocenters. The Bertz CT molecular complexity index is 809. The van der Waals surface area contributed by atoms with Gasteiger partial charge in [0.1, 0.15) is 17.8 Å². The lowest BCUT2D eigenvalue weighted by Crippen LogP contribution is -3.09. The molecule has 0 radical (unpaired) electrons. The molecule has 1 aliphatic heterocycles. The molecule has 2 aromatic carbocycles. The highest BCUT2D eigenvalue weighted by molar-refractivity contribution is 6.07. The Morgan fingerprint density at radius 3 is 2.54 bits per heavy atom. The number of ether oxygens (including phenoxy) is 1. The maximum absolute atomic E-state index is 13.0. The van der Waals surface area contributed by atoms with Crippen molar-refractivity contribution in [3.05, 3.63) is 65.7 Å². The van der Waals surface area contributed by atoms with Crippen molar-refractivity contribution >= 4 is 11.9 Å². The van der Waals surface area contributed by atoms with E-state index in [9.17, 15) is 9.59 Å². The number of amides is 3. The van der Waals surface area contributed by atoms with Crippen molar-refractivity contribution in [2.75, 3.05) is 20.8 Å². The van der Waals surface area contributed by atoms with E-state index < -0.39 is 5.54 Å². The molecule has 0 spiro atoms. The molecule has 3 rings (SSSR count). The molecule has 0 saturated carbocycles. The van der Waals surface area contributed by atoms with Crippen LogP contribution < -0.4 is 15.0 Å². The number of carbonyl (C=O) groups is 2. The standard InChI is InChI=1S/C20H23N3O3/c1-20(16-10-7-11-17(12-16)26-3)18(24)23(19(25)21-20)14-22(2)13-15-8-5-4-6-9-15/h4-12H,13-14H2,1-3H3,(H,21,25)/p+1/t20-/m1/s1. The smallest absolute Gasteiger partial charge is 0.329 e. The number of benzene rings is 2. The molecule has 1 saturated heterocycles. The first kappa shape index (κ1) is 17.9. The second-order valence-electron chi connectivity index (χ2n) is 6.80. The van der Waals surface area contributed by atoms with Crippen molar-refractivity contribution in [1.29, 1.82) is 0 Å². The van der Waals surface area contributed by atoms with Crippen LogP contribution in [-0.2, 0) is 16.9 Å². The minimum Gasteiger partial charge on any atom is -0.497 e. The number of quaternary nitrogens is 1. The van der Waals surface area contributed by atoms with E-state index in [0.717, 1.165) is 17.0 Å². The molecule has 1 fully saturated rings. The van der Waals surface area contributed by atoms with Gasteiger partial charge in [-0.25, -0.2) is 9.69 Å². The van der Waals surface area contributed by atoms with Crippen molar-refractivity contribution in [3.8, 4) is 5.75 Å². The van der Waals surface area contributed by atoms with Crippen molar-refractivity contribution in [1.82, 2.24) is 10.2 Å². The zero-order valence-electron chi connectivity index (χ0n) is 15.3. The van der Waals surface area contributed by atoms with Crippen LogP contribution >= 0.6 is 0 Å². The first-order valence-electron chi connectivity index (χ1n) is 8.58. The maximum Gasteiger partial charge on any atom is 0.329 e. The lowest BCUT2D eigenvalue weighted by molar-refractivity contribution is -0.901. The Morgan fingerprint density at radius 1 is 1.12 bits per heavy atom. The summed E-state index contributed by atoms with van der Waals surface area (Å²) < 4.78 is 5.24. The molecule has 0 bridgehead atoms. The van der Waals surface area contributed by atoms with Crippen LogP contribution in [0.5, 0.6) is 5.75 Å². The van der Waals surface area contributed by atoms with Crippen LogP contribution in [-0.4, -0.2) is 37.7 Å². The molecule has 2 aromatic rings. The SMILES string of the molecule is COc1cccc([C@@]2(C)NC(=O)N(C[NH+](C)Cc3ccccc3)C2=O)c1. The van der Waals surface area contributed by atoms with Crippen LogP contribution in [0.25, 0.3) is 0 Å². The number of nitrogens with one attached hydrogen (secondary N) is 2. The molecule has 1 aliphatic rings. The maximum atomic E-state index is 13.0. The molecule has 0 aromatic heterocycles. The normalized spacial score (nSPS) is 20.8. The first-order valence-corrected chi connectivity index (χ1v) is 8.58.